The van der Waals surface area contributed by atoms with Crippen LogP contribution in [0.4, 0.5) is 5.69 Å². The van der Waals surface area contributed by atoms with Gasteiger partial charge in [0.15, 0.2) is 5.69 Å². The highest BCUT2D eigenvalue weighted by molar-refractivity contribution is 7.10. The molecule has 0 saturated carbocycles. The number of thiophene rings is 1. The summed E-state index contributed by atoms with van der Waals surface area (Å²) in [5.41, 5.74) is 11.1. The number of hydrogen-bond donors (Lipinski definition) is 3. The van der Waals surface area contributed by atoms with Gasteiger partial charge in [0.2, 0.25) is 5.91 Å². The lowest BCUT2D eigenvalue weighted by atomic mass is 10.1. The lowest BCUT2D eigenvalue weighted by molar-refractivity contribution is -0.126. The fourth-order valence-corrected chi connectivity index (χ4v) is 4.42. The van der Waals surface area contributed by atoms with Gasteiger partial charge < -0.3 is 21.7 Å². The van der Waals surface area contributed by atoms with Crippen LogP contribution in [0.3, 0.4) is 0 Å². The van der Waals surface area contributed by atoms with Crippen molar-refractivity contribution in [2.75, 3.05) is 12.3 Å². The third-order valence-electron chi connectivity index (χ3n) is 4.58. The summed E-state index contributed by atoms with van der Waals surface area (Å²) in [7, 11) is 0. The fourth-order valence-electron chi connectivity index (χ4n) is 2.96. The van der Waals surface area contributed by atoms with Gasteiger partial charge >= 0.3 is 0 Å². The second-order valence-corrected chi connectivity index (χ2v) is 9.23. The number of carbonyl (C=O) groups is 3. The second kappa shape index (κ2) is 11.1. The monoisotopic (exact) mass is 451 g/mol. The zero-order valence-corrected chi connectivity index (χ0v) is 19.1. The largest absolute Gasteiger partial charge is 0.395 e. The van der Waals surface area contributed by atoms with Gasteiger partial charge in [-0.05, 0) is 41.7 Å². The average molecular weight is 452 g/mol. The molecular formula is C20H29N5O3S2. The summed E-state index contributed by atoms with van der Waals surface area (Å²) >= 11 is 2.33. The minimum Gasteiger partial charge on any atom is -0.395 e. The van der Waals surface area contributed by atoms with Gasteiger partial charge in [-0.3, -0.25) is 14.4 Å². The molecule has 0 saturated heterocycles. The molecule has 164 valence electrons. The highest BCUT2D eigenvalue weighted by Crippen LogP contribution is 2.26. The molecule has 1 atom stereocenters. The lowest BCUT2D eigenvalue weighted by Crippen LogP contribution is -2.49. The van der Waals surface area contributed by atoms with Crippen LogP contribution in [-0.2, 0) is 11.3 Å². The Hall–Kier alpha value is -2.46. The standard InChI is InChI=1S/C20H29N5O3S2/c1-4-6-14(19(27)23-9-8-12(2)3)25(11-13-7-5-10-29-13)20(28)17-15(21)16(18(22)26)24-30-17/h5,7,10,12,14H,4,6,8-9,11,21H2,1-3H3,(H2,22,26)(H,23,27)/t14-/m1/s1. The molecule has 30 heavy (non-hydrogen) atoms. The molecule has 0 aliphatic carbocycles. The van der Waals surface area contributed by atoms with Crippen LogP contribution in [0, 0.1) is 5.92 Å². The van der Waals surface area contributed by atoms with Gasteiger partial charge in [0, 0.05) is 11.4 Å². The normalized spacial score (nSPS) is 12.0. The van der Waals surface area contributed by atoms with Crippen LogP contribution < -0.4 is 16.8 Å². The van der Waals surface area contributed by atoms with Gasteiger partial charge in [-0.15, -0.1) is 11.3 Å². The van der Waals surface area contributed by atoms with Crippen LogP contribution in [0.15, 0.2) is 17.5 Å². The predicted molar refractivity (Wildman–Crippen MR) is 120 cm³/mol. The van der Waals surface area contributed by atoms with Gasteiger partial charge in [-0.25, -0.2) is 0 Å². The van der Waals surface area contributed by atoms with Crippen molar-refractivity contribution in [1.29, 1.82) is 0 Å². The van der Waals surface area contributed by atoms with Crippen LogP contribution in [0.25, 0.3) is 0 Å². The number of rotatable bonds is 11. The molecule has 0 unspecified atom stereocenters. The smallest absolute Gasteiger partial charge is 0.270 e. The Morgan fingerprint density at radius 3 is 2.53 bits per heavy atom. The van der Waals surface area contributed by atoms with Crippen LogP contribution >= 0.6 is 22.9 Å². The van der Waals surface area contributed by atoms with E-state index < -0.39 is 17.9 Å². The van der Waals surface area contributed by atoms with E-state index in [2.05, 4.69) is 23.5 Å². The molecule has 2 heterocycles. The van der Waals surface area contributed by atoms with E-state index in [-0.39, 0.29) is 28.7 Å². The number of primary amides is 1. The number of nitrogens with one attached hydrogen (secondary N) is 1. The zero-order valence-electron chi connectivity index (χ0n) is 17.5. The molecule has 2 rings (SSSR count). The van der Waals surface area contributed by atoms with E-state index in [0.29, 0.717) is 18.9 Å². The van der Waals surface area contributed by atoms with Crippen LogP contribution in [0.2, 0.25) is 0 Å². The second-order valence-electron chi connectivity index (χ2n) is 7.43. The maximum absolute atomic E-state index is 13.4. The van der Waals surface area contributed by atoms with Crippen molar-refractivity contribution in [3.05, 3.63) is 33.0 Å². The third-order valence-corrected chi connectivity index (χ3v) is 6.30. The molecule has 2 aromatic rings. The SMILES string of the molecule is CCC[C@H](C(=O)NCCC(C)C)N(Cc1cccs1)C(=O)c1snc(C(N)=O)c1N. The first-order valence-electron chi connectivity index (χ1n) is 9.92. The fraction of sp³-hybridized carbons (Fsp3) is 0.500. The minimum atomic E-state index is -0.788. The quantitative estimate of drug-likeness (QED) is 0.483. The Morgan fingerprint density at radius 1 is 1.27 bits per heavy atom. The van der Waals surface area contributed by atoms with E-state index in [1.165, 1.54) is 16.2 Å². The minimum absolute atomic E-state index is 0.0378. The lowest BCUT2D eigenvalue weighted by Gasteiger charge is -2.30. The number of nitrogen functional groups attached to an aromatic ring is 1. The highest BCUT2D eigenvalue weighted by Gasteiger charge is 2.33. The number of hydrogen-bond acceptors (Lipinski definition) is 7. The summed E-state index contributed by atoms with van der Waals surface area (Å²) in [5, 5.41) is 4.87. The van der Waals surface area contributed by atoms with E-state index in [9.17, 15) is 14.4 Å². The van der Waals surface area contributed by atoms with Crippen LogP contribution in [0.5, 0.6) is 0 Å². The Bertz CT molecular complexity index is 864. The maximum Gasteiger partial charge on any atom is 0.270 e. The molecule has 0 bridgehead atoms. The molecule has 3 amide bonds. The average Bonchev–Trinajstić information content (AvgIpc) is 3.33. The first-order valence-corrected chi connectivity index (χ1v) is 11.6. The Labute approximate surface area is 184 Å². The number of aromatic nitrogens is 1. The summed E-state index contributed by atoms with van der Waals surface area (Å²) < 4.78 is 3.93. The summed E-state index contributed by atoms with van der Waals surface area (Å²) in [4.78, 5) is 40.5. The van der Waals surface area contributed by atoms with E-state index in [1.54, 1.807) is 0 Å². The molecule has 0 fully saturated rings. The summed E-state index contributed by atoms with van der Waals surface area (Å²) in [6.07, 6.45) is 2.08. The molecule has 0 aliphatic heterocycles. The number of anilines is 1. The predicted octanol–water partition coefficient (Wildman–Crippen LogP) is 2.86. The number of nitrogens with two attached hydrogens (primary N) is 2. The molecule has 0 aromatic carbocycles. The molecule has 0 aliphatic rings. The summed E-state index contributed by atoms with van der Waals surface area (Å²) in [6.45, 7) is 6.96. The van der Waals surface area contributed by atoms with Crippen LogP contribution in [-0.4, -0.2) is 39.6 Å². The molecule has 8 nitrogen and oxygen atoms in total. The maximum atomic E-state index is 13.4. The first kappa shape index (κ1) is 23.8. The van der Waals surface area contributed by atoms with E-state index in [0.717, 1.165) is 29.3 Å². The van der Waals surface area contributed by atoms with Crippen molar-refractivity contribution in [1.82, 2.24) is 14.6 Å². The Balaban J connectivity index is 2.34. The Morgan fingerprint density at radius 2 is 2.00 bits per heavy atom. The molecule has 5 N–H and O–H groups in total. The highest BCUT2D eigenvalue weighted by atomic mass is 32.1. The Kier molecular flexibility index (Phi) is 8.79. The van der Waals surface area contributed by atoms with Crippen molar-refractivity contribution in [3.8, 4) is 0 Å². The van der Waals surface area contributed by atoms with Crippen molar-refractivity contribution in [2.24, 2.45) is 11.7 Å². The number of amides is 3. The topological polar surface area (TPSA) is 131 Å². The van der Waals surface area contributed by atoms with Gasteiger partial charge in [0.05, 0.1) is 12.2 Å². The molecular weight excluding hydrogens is 422 g/mol. The number of carbonyl (C=O) groups excluding carboxylic acids is 3. The zero-order chi connectivity index (χ0) is 22.3. The van der Waals surface area contributed by atoms with E-state index in [4.69, 9.17) is 11.5 Å². The molecule has 10 heteroatoms. The van der Waals surface area contributed by atoms with Gasteiger partial charge in [-0.1, -0.05) is 33.3 Å². The summed E-state index contributed by atoms with van der Waals surface area (Å²) in [6, 6.07) is 3.15. The van der Waals surface area contributed by atoms with Crippen molar-refractivity contribution < 1.29 is 14.4 Å². The van der Waals surface area contributed by atoms with Gasteiger partial charge in [-0.2, -0.15) is 4.37 Å². The molecule has 0 radical (unpaired) electrons. The first-order chi connectivity index (χ1) is 14.3. The van der Waals surface area contributed by atoms with Crippen molar-refractivity contribution >= 4 is 46.3 Å². The van der Waals surface area contributed by atoms with Crippen LogP contribution in [0.1, 0.15) is 65.1 Å². The van der Waals surface area contributed by atoms with Crippen molar-refractivity contribution in [2.45, 2.75) is 52.6 Å². The number of nitrogens with zero attached hydrogens (tertiary/aromatic N) is 2. The van der Waals surface area contributed by atoms with Gasteiger partial charge in [0.1, 0.15) is 10.9 Å². The third kappa shape index (κ3) is 6.02. The molecule has 2 aromatic heterocycles. The van der Waals surface area contributed by atoms with E-state index in [1.807, 2.05) is 24.4 Å². The molecule has 0 spiro atoms. The summed E-state index contributed by atoms with van der Waals surface area (Å²) in [5.74, 6) is -0.948. The van der Waals surface area contributed by atoms with E-state index >= 15 is 0 Å². The van der Waals surface area contributed by atoms with Crippen molar-refractivity contribution in [3.63, 3.8) is 0 Å². The van der Waals surface area contributed by atoms with Gasteiger partial charge in [0.25, 0.3) is 11.8 Å².